The summed E-state index contributed by atoms with van der Waals surface area (Å²) in [5.74, 6) is 1.30. The van der Waals surface area contributed by atoms with Crippen LogP contribution in [-0.4, -0.2) is 40.6 Å². The predicted molar refractivity (Wildman–Crippen MR) is 70.5 cm³/mol. The third kappa shape index (κ3) is 3.01. The Morgan fingerprint density at radius 3 is 2.41 bits per heavy atom. The van der Waals surface area contributed by atoms with Gasteiger partial charge in [-0.25, -0.2) is 0 Å². The minimum atomic E-state index is -0.749. The van der Waals surface area contributed by atoms with Gasteiger partial charge in [-0.1, -0.05) is 29.8 Å². The van der Waals surface area contributed by atoms with Gasteiger partial charge in [0, 0.05) is 24.6 Å². The molecule has 4 heteroatoms. The number of carboxylic acid groups (broad SMARTS) is 1. The number of rotatable bonds is 3. The molecule has 2 rings (SSSR count). The molecule has 92 valence electrons. The van der Waals surface area contributed by atoms with Crippen LogP contribution in [0.1, 0.15) is 17.2 Å². The van der Waals surface area contributed by atoms with E-state index in [0.717, 1.165) is 35.7 Å². The van der Waals surface area contributed by atoms with Crippen LogP contribution in [0.5, 0.6) is 0 Å². The lowest BCUT2D eigenvalue weighted by Crippen LogP contribution is -2.39. The smallest absolute Gasteiger partial charge is 0.325 e. The Balaban J connectivity index is 2.21. The molecule has 1 atom stereocenters. The second kappa shape index (κ2) is 5.56. The van der Waals surface area contributed by atoms with Crippen molar-refractivity contribution in [2.24, 2.45) is 0 Å². The zero-order valence-electron chi connectivity index (χ0n) is 9.93. The molecule has 1 fully saturated rings. The Morgan fingerprint density at radius 1 is 1.29 bits per heavy atom. The number of carboxylic acids is 1. The first-order chi connectivity index (χ1) is 8.18. The summed E-state index contributed by atoms with van der Waals surface area (Å²) < 4.78 is 0. The highest BCUT2D eigenvalue weighted by Crippen LogP contribution is 2.24. The molecule has 0 bridgehead atoms. The van der Waals surface area contributed by atoms with Gasteiger partial charge in [-0.3, -0.25) is 9.69 Å². The van der Waals surface area contributed by atoms with Gasteiger partial charge in [0.05, 0.1) is 0 Å². The molecule has 1 aliphatic heterocycles. The van der Waals surface area contributed by atoms with Crippen LogP contribution in [0, 0.1) is 6.92 Å². The number of aryl methyl sites for hydroxylation is 1. The van der Waals surface area contributed by atoms with E-state index in [4.69, 9.17) is 0 Å². The average Bonchev–Trinajstić information content (AvgIpc) is 2.33. The number of aliphatic carboxylic acids is 1. The number of nitrogens with zero attached hydrogens (tertiary/aromatic N) is 1. The Labute approximate surface area is 106 Å². The molecule has 1 aromatic carbocycles. The summed E-state index contributed by atoms with van der Waals surface area (Å²) in [4.78, 5) is 13.5. The molecule has 3 nitrogen and oxygen atoms in total. The highest BCUT2D eigenvalue weighted by molar-refractivity contribution is 7.99. The van der Waals surface area contributed by atoms with E-state index in [1.807, 2.05) is 43.0 Å². The third-order valence-electron chi connectivity index (χ3n) is 3.04. The van der Waals surface area contributed by atoms with E-state index in [1.165, 1.54) is 0 Å². The van der Waals surface area contributed by atoms with Gasteiger partial charge in [-0.15, -0.1) is 0 Å². The van der Waals surface area contributed by atoms with Crippen molar-refractivity contribution in [3.8, 4) is 0 Å². The van der Waals surface area contributed by atoms with E-state index in [1.54, 1.807) is 0 Å². The van der Waals surface area contributed by atoms with Gasteiger partial charge in [0.2, 0.25) is 0 Å². The molecule has 1 saturated heterocycles. The summed E-state index contributed by atoms with van der Waals surface area (Å²) in [6.07, 6.45) is 0. The molecule has 0 radical (unpaired) electrons. The number of hydrogen-bond acceptors (Lipinski definition) is 3. The molecule has 0 amide bonds. The van der Waals surface area contributed by atoms with E-state index in [-0.39, 0.29) is 0 Å². The first-order valence-electron chi connectivity index (χ1n) is 5.79. The Kier molecular flexibility index (Phi) is 4.07. The van der Waals surface area contributed by atoms with Gasteiger partial charge in [0.25, 0.3) is 0 Å². The van der Waals surface area contributed by atoms with E-state index < -0.39 is 12.0 Å². The van der Waals surface area contributed by atoms with E-state index >= 15 is 0 Å². The van der Waals surface area contributed by atoms with E-state index in [2.05, 4.69) is 4.90 Å². The van der Waals surface area contributed by atoms with Crippen LogP contribution in [0.2, 0.25) is 0 Å². The first kappa shape index (κ1) is 12.5. The lowest BCUT2D eigenvalue weighted by Gasteiger charge is -2.31. The Hall–Kier alpha value is -1.00. The minimum Gasteiger partial charge on any atom is -0.480 e. The molecule has 0 saturated carbocycles. The molecule has 1 aromatic rings. The van der Waals surface area contributed by atoms with Crippen LogP contribution in [-0.2, 0) is 4.79 Å². The predicted octanol–water partition coefficient (Wildman–Crippen LogP) is 2.17. The number of hydrogen-bond donors (Lipinski definition) is 1. The van der Waals surface area contributed by atoms with Gasteiger partial charge >= 0.3 is 5.97 Å². The van der Waals surface area contributed by atoms with E-state index in [9.17, 15) is 9.90 Å². The fourth-order valence-electron chi connectivity index (χ4n) is 2.09. The van der Waals surface area contributed by atoms with E-state index in [0.29, 0.717) is 0 Å². The standard InChI is InChI=1S/C13H17NO2S/c1-10-2-4-11(5-3-10)12(13(15)16)14-6-8-17-9-7-14/h2-5,12H,6-9H2,1H3,(H,15,16). The normalized spacial score (nSPS) is 18.9. The molecule has 1 N–H and O–H groups in total. The fourth-order valence-corrected chi connectivity index (χ4v) is 3.03. The summed E-state index contributed by atoms with van der Waals surface area (Å²) in [5, 5.41) is 9.40. The summed E-state index contributed by atoms with van der Waals surface area (Å²) in [5.41, 5.74) is 2.04. The molecule has 1 aliphatic rings. The van der Waals surface area contributed by atoms with Crippen molar-refractivity contribution in [2.45, 2.75) is 13.0 Å². The summed E-state index contributed by atoms with van der Waals surface area (Å²) in [6, 6.07) is 7.32. The molecular weight excluding hydrogens is 234 g/mol. The molecule has 0 aliphatic carbocycles. The van der Waals surface area contributed by atoms with Crippen molar-refractivity contribution in [3.05, 3.63) is 35.4 Å². The number of benzene rings is 1. The molecular formula is C13H17NO2S. The van der Waals surface area contributed by atoms with Gasteiger partial charge in [0.15, 0.2) is 0 Å². The summed E-state index contributed by atoms with van der Waals surface area (Å²) >= 11 is 1.89. The fraction of sp³-hybridized carbons (Fsp3) is 0.462. The maximum atomic E-state index is 11.4. The second-order valence-electron chi connectivity index (χ2n) is 4.30. The maximum absolute atomic E-state index is 11.4. The van der Waals surface area contributed by atoms with Gasteiger partial charge in [-0.2, -0.15) is 11.8 Å². The quantitative estimate of drug-likeness (QED) is 0.894. The van der Waals surface area contributed by atoms with Crippen LogP contribution >= 0.6 is 11.8 Å². The maximum Gasteiger partial charge on any atom is 0.325 e. The monoisotopic (exact) mass is 251 g/mol. The van der Waals surface area contributed by atoms with Crippen molar-refractivity contribution in [1.82, 2.24) is 4.90 Å². The van der Waals surface area contributed by atoms with Crippen molar-refractivity contribution >= 4 is 17.7 Å². The zero-order chi connectivity index (χ0) is 12.3. The highest BCUT2D eigenvalue weighted by atomic mass is 32.2. The molecule has 17 heavy (non-hydrogen) atoms. The topological polar surface area (TPSA) is 40.5 Å². The lowest BCUT2D eigenvalue weighted by atomic mass is 10.0. The SMILES string of the molecule is Cc1ccc(C(C(=O)O)N2CCSCC2)cc1. The molecule has 1 heterocycles. The van der Waals surface area contributed by atoms with Gasteiger partial charge in [0.1, 0.15) is 6.04 Å². The van der Waals surface area contributed by atoms with Crippen molar-refractivity contribution < 1.29 is 9.90 Å². The van der Waals surface area contributed by atoms with Crippen LogP contribution in [0.25, 0.3) is 0 Å². The largest absolute Gasteiger partial charge is 0.480 e. The minimum absolute atomic E-state index is 0.489. The molecule has 1 unspecified atom stereocenters. The molecule has 0 aromatic heterocycles. The zero-order valence-corrected chi connectivity index (χ0v) is 10.7. The van der Waals surface area contributed by atoms with Gasteiger partial charge in [-0.05, 0) is 12.5 Å². The average molecular weight is 251 g/mol. The van der Waals surface area contributed by atoms with Crippen LogP contribution in [0.15, 0.2) is 24.3 Å². The van der Waals surface area contributed by atoms with Gasteiger partial charge < -0.3 is 5.11 Å². The highest BCUT2D eigenvalue weighted by Gasteiger charge is 2.28. The summed E-state index contributed by atoms with van der Waals surface area (Å²) in [6.45, 7) is 3.72. The number of thioether (sulfide) groups is 1. The van der Waals surface area contributed by atoms with Crippen LogP contribution in [0.4, 0.5) is 0 Å². The van der Waals surface area contributed by atoms with Crippen molar-refractivity contribution in [1.29, 1.82) is 0 Å². The third-order valence-corrected chi connectivity index (χ3v) is 3.98. The molecule has 0 spiro atoms. The number of carbonyl (C=O) groups is 1. The first-order valence-corrected chi connectivity index (χ1v) is 6.95. The van der Waals surface area contributed by atoms with Crippen LogP contribution in [0.3, 0.4) is 0 Å². The lowest BCUT2D eigenvalue weighted by molar-refractivity contribution is -0.143. The van der Waals surface area contributed by atoms with Crippen molar-refractivity contribution in [3.63, 3.8) is 0 Å². The Bertz CT molecular complexity index is 385. The van der Waals surface area contributed by atoms with Crippen molar-refractivity contribution in [2.75, 3.05) is 24.6 Å². The second-order valence-corrected chi connectivity index (χ2v) is 5.52. The summed E-state index contributed by atoms with van der Waals surface area (Å²) in [7, 11) is 0. The Morgan fingerprint density at radius 2 is 1.88 bits per heavy atom. The van der Waals surface area contributed by atoms with Crippen LogP contribution < -0.4 is 0 Å².